The maximum Gasteiger partial charge on any atom is 0.261 e. The van der Waals surface area contributed by atoms with Gasteiger partial charge in [-0.15, -0.1) is 0 Å². The highest BCUT2D eigenvalue weighted by molar-refractivity contribution is 6.21. The van der Waals surface area contributed by atoms with Crippen LogP contribution in [0.15, 0.2) is 48.5 Å². The van der Waals surface area contributed by atoms with Crippen molar-refractivity contribution in [2.24, 2.45) is 0 Å². The Hall–Kier alpha value is -2.62. The summed E-state index contributed by atoms with van der Waals surface area (Å²) in [6.07, 6.45) is 6.06. The van der Waals surface area contributed by atoms with Gasteiger partial charge in [-0.25, -0.2) is 0 Å². The van der Waals surface area contributed by atoms with E-state index in [1.54, 1.807) is 24.3 Å². The third-order valence-corrected chi connectivity index (χ3v) is 8.48. The topological polar surface area (TPSA) is 83.5 Å². The Balaban J connectivity index is 1.64. The van der Waals surface area contributed by atoms with Crippen molar-refractivity contribution in [3.63, 3.8) is 0 Å². The number of nitrogens with zero attached hydrogens (tertiary/aromatic N) is 1. The summed E-state index contributed by atoms with van der Waals surface area (Å²) in [7, 11) is 0. The highest BCUT2D eigenvalue weighted by atomic mass is 16.6. The molecule has 1 saturated heterocycles. The maximum atomic E-state index is 13.1. The van der Waals surface area contributed by atoms with Gasteiger partial charge in [0, 0.05) is 26.4 Å². The first-order valence-corrected chi connectivity index (χ1v) is 17.2. The normalized spacial score (nSPS) is 23.1. The summed E-state index contributed by atoms with van der Waals surface area (Å²) in [6, 6.07) is 14.9. The third kappa shape index (κ3) is 9.23. The van der Waals surface area contributed by atoms with Crippen molar-refractivity contribution in [2.45, 2.75) is 116 Å². The minimum atomic E-state index is -0.443. The Labute approximate surface area is 269 Å². The van der Waals surface area contributed by atoms with Gasteiger partial charge in [0.15, 0.2) is 0 Å². The minimum absolute atomic E-state index is 0.178. The first-order valence-electron chi connectivity index (χ1n) is 17.2. The molecule has 0 saturated carbocycles. The second-order valence-electron chi connectivity index (χ2n) is 12.1. The lowest BCUT2D eigenvalue weighted by molar-refractivity contribution is -0.268. The summed E-state index contributed by atoms with van der Waals surface area (Å²) >= 11 is 0. The fraction of sp³-hybridized carbons (Fsp3) is 0.622. The molecule has 2 amide bonds. The van der Waals surface area contributed by atoms with Crippen LogP contribution in [0.3, 0.4) is 0 Å². The first kappa shape index (κ1) is 35.2. The molecule has 0 unspecified atom stereocenters. The van der Waals surface area contributed by atoms with Crippen LogP contribution >= 0.6 is 0 Å². The van der Waals surface area contributed by atoms with E-state index in [1.807, 2.05) is 24.3 Å². The number of fused-ring (bicyclic) bond motifs is 1. The summed E-state index contributed by atoms with van der Waals surface area (Å²) in [6.45, 7) is 11.7. The molecule has 0 N–H and O–H groups in total. The lowest BCUT2D eigenvalue weighted by Crippen LogP contribution is -2.58. The van der Waals surface area contributed by atoms with Crippen LogP contribution in [-0.2, 0) is 30.2 Å². The molecule has 8 nitrogen and oxygen atoms in total. The van der Waals surface area contributed by atoms with Crippen LogP contribution in [0.5, 0.6) is 0 Å². The van der Waals surface area contributed by atoms with E-state index in [2.05, 4.69) is 27.7 Å². The quantitative estimate of drug-likeness (QED) is 0.113. The predicted molar refractivity (Wildman–Crippen MR) is 174 cm³/mol. The predicted octanol–water partition coefficient (Wildman–Crippen LogP) is 7.30. The van der Waals surface area contributed by atoms with Crippen LogP contribution in [0.1, 0.15) is 117 Å². The zero-order chi connectivity index (χ0) is 32.0. The number of ether oxygens (including phenoxy) is 5. The van der Waals surface area contributed by atoms with Crippen LogP contribution in [0.2, 0.25) is 0 Å². The molecule has 2 aliphatic heterocycles. The van der Waals surface area contributed by atoms with E-state index < -0.39 is 12.2 Å². The molecule has 0 radical (unpaired) electrons. The summed E-state index contributed by atoms with van der Waals surface area (Å²) in [5, 5.41) is 0. The molecule has 2 aromatic rings. The summed E-state index contributed by atoms with van der Waals surface area (Å²) in [4.78, 5) is 27.5. The second kappa shape index (κ2) is 18.5. The van der Waals surface area contributed by atoms with E-state index in [4.69, 9.17) is 23.7 Å². The van der Waals surface area contributed by atoms with E-state index >= 15 is 0 Å². The number of benzene rings is 2. The lowest BCUT2D eigenvalue weighted by atomic mass is 9.89. The van der Waals surface area contributed by atoms with Gasteiger partial charge in [0.05, 0.1) is 24.3 Å². The Morgan fingerprint density at radius 3 is 1.82 bits per heavy atom. The van der Waals surface area contributed by atoms with Gasteiger partial charge in [-0.05, 0) is 48.9 Å². The van der Waals surface area contributed by atoms with E-state index in [9.17, 15) is 9.59 Å². The molecule has 0 spiro atoms. The fourth-order valence-electron chi connectivity index (χ4n) is 5.86. The van der Waals surface area contributed by atoms with Crippen molar-refractivity contribution in [1.82, 2.24) is 4.90 Å². The highest BCUT2D eigenvalue weighted by Gasteiger charge is 2.48. The first-order chi connectivity index (χ1) is 22.0. The van der Waals surface area contributed by atoms with Crippen molar-refractivity contribution in [1.29, 1.82) is 0 Å². The number of rotatable bonds is 20. The van der Waals surface area contributed by atoms with Crippen molar-refractivity contribution >= 4 is 11.8 Å². The number of carbonyl (C=O) groups is 2. The molecule has 0 bridgehead atoms. The van der Waals surface area contributed by atoms with Gasteiger partial charge >= 0.3 is 0 Å². The molecule has 0 aromatic heterocycles. The van der Waals surface area contributed by atoms with Crippen molar-refractivity contribution in [3.05, 3.63) is 70.8 Å². The largest absolute Gasteiger partial charge is 0.379 e. The number of hydrogen-bond donors (Lipinski definition) is 0. The Morgan fingerprint density at radius 1 is 0.667 bits per heavy atom. The van der Waals surface area contributed by atoms with Crippen molar-refractivity contribution in [2.75, 3.05) is 33.0 Å². The van der Waals surface area contributed by atoms with Gasteiger partial charge < -0.3 is 23.7 Å². The molecule has 248 valence electrons. The van der Waals surface area contributed by atoms with Crippen molar-refractivity contribution < 1.29 is 33.3 Å². The maximum absolute atomic E-state index is 13.1. The molecule has 8 heteroatoms. The van der Waals surface area contributed by atoms with Gasteiger partial charge in [0.1, 0.15) is 30.5 Å². The zero-order valence-corrected chi connectivity index (χ0v) is 27.7. The average molecular weight is 624 g/mol. The van der Waals surface area contributed by atoms with Gasteiger partial charge in [-0.1, -0.05) is 89.8 Å². The standard InChI is InChI=1S/C37H53NO7/c1-5-9-20-41-26-31-33(42-21-10-6-2)35(44-23-12-8-4)34(43-22-11-7-3)32(45-31)28-17-15-16-27(24-28)25-38-36(39)29-18-13-14-19-30(29)37(38)40/h13-19,24,31-35H,5-12,20-23,25-26H2,1-4H3/t31-,32+,33-,34+,35+/m1/s1. The van der Waals surface area contributed by atoms with Gasteiger partial charge in [-0.2, -0.15) is 0 Å². The van der Waals surface area contributed by atoms with Crippen LogP contribution in [0, 0.1) is 0 Å². The monoisotopic (exact) mass is 623 g/mol. The number of unbranched alkanes of at least 4 members (excludes halogenated alkanes) is 4. The lowest BCUT2D eigenvalue weighted by Gasteiger charge is -2.46. The second-order valence-corrected chi connectivity index (χ2v) is 12.1. The molecule has 4 rings (SSSR count). The van der Waals surface area contributed by atoms with Gasteiger partial charge in [0.2, 0.25) is 0 Å². The highest BCUT2D eigenvalue weighted by Crippen LogP contribution is 2.38. The molecule has 45 heavy (non-hydrogen) atoms. The Kier molecular flexibility index (Phi) is 14.5. The van der Waals surface area contributed by atoms with Crippen molar-refractivity contribution in [3.8, 4) is 0 Å². The SMILES string of the molecule is CCCCOC[C@H]1O[C@@H](c2cccc(CN3C(=O)c4ccccc4C3=O)c2)[C@H](OCCCC)[C@@H](OCCCC)[C@@H]1OCCCC. The molecule has 0 aliphatic carbocycles. The number of amides is 2. The van der Waals surface area contributed by atoms with E-state index in [-0.39, 0.29) is 36.7 Å². The number of imide groups is 1. The molecule has 5 atom stereocenters. The molecule has 2 heterocycles. The molecular formula is C37H53NO7. The van der Waals surface area contributed by atoms with E-state index in [0.29, 0.717) is 44.2 Å². The van der Waals surface area contributed by atoms with Crippen LogP contribution in [-0.4, -0.2) is 74.2 Å². The summed E-state index contributed by atoms with van der Waals surface area (Å²) < 4.78 is 32.8. The van der Waals surface area contributed by atoms with E-state index in [1.165, 1.54) is 4.90 Å². The molecule has 2 aliphatic rings. The minimum Gasteiger partial charge on any atom is -0.379 e. The van der Waals surface area contributed by atoms with E-state index in [0.717, 1.165) is 62.5 Å². The smallest absolute Gasteiger partial charge is 0.261 e. The fourth-order valence-corrected chi connectivity index (χ4v) is 5.86. The van der Waals surface area contributed by atoms with Gasteiger partial charge in [0.25, 0.3) is 11.8 Å². The molecule has 2 aromatic carbocycles. The Bertz CT molecular complexity index is 1170. The van der Waals surface area contributed by atoms with Crippen LogP contribution < -0.4 is 0 Å². The molecule has 1 fully saturated rings. The van der Waals surface area contributed by atoms with Gasteiger partial charge in [-0.3, -0.25) is 14.5 Å². The van der Waals surface area contributed by atoms with Crippen LogP contribution in [0.25, 0.3) is 0 Å². The van der Waals surface area contributed by atoms with Crippen LogP contribution in [0.4, 0.5) is 0 Å². The summed E-state index contributed by atoms with van der Waals surface area (Å²) in [5.74, 6) is -0.534. The number of carbonyl (C=O) groups excluding carboxylic acids is 2. The number of hydrogen-bond acceptors (Lipinski definition) is 7. The average Bonchev–Trinajstić information content (AvgIpc) is 3.29. The third-order valence-electron chi connectivity index (χ3n) is 8.48. The Morgan fingerprint density at radius 2 is 1.22 bits per heavy atom. The summed E-state index contributed by atoms with van der Waals surface area (Å²) in [5.41, 5.74) is 2.66. The zero-order valence-electron chi connectivity index (χ0n) is 27.7. The molecular weight excluding hydrogens is 570 g/mol.